The first-order valence-corrected chi connectivity index (χ1v) is 7.66. The lowest BCUT2D eigenvalue weighted by molar-refractivity contribution is 0.102. The Morgan fingerprint density at radius 1 is 1.09 bits per heavy atom. The number of aryl methyl sites for hydroxylation is 2. The minimum atomic E-state index is -0.172. The van der Waals surface area contributed by atoms with Gasteiger partial charge in [0.2, 0.25) is 0 Å². The van der Waals surface area contributed by atoms with Crippen molar-refractivity contribution in [3.8, 4) is 0 Å². The highest BCUT2D eigenvalue weighted by molar-refractivity contribution is 6.03. The summed E-state index contributed by atoms with van der Waals surface area (Å²) >= 11 is 0. The van der Waals surface area contributed by atoms with Crippen LogP contribution < -0.4 is 5.32 Å². The van der Waals surface area contributed by atoms with E-state index >= 15 is 0 Å². The smallest absolute Gasteiger partial charge is 0.256 e. The summed E-state index contributed by atoms with van der Waals surface area (Å²) in [5, 5.41) is 2.81. The van der Waals surface area contributed by atoms with E-state index < -0.39 is 0 Å². The number of hydrogen-bond donors (Lipinski definition) is 1. The van der Waals surface area contributed by atoms with Crippen LogP contribution in [0.2, 0.25) is 0 Å². The van der Waals surface area contributed by atoms with Gasteiger partial charge in [0, 0.05) is 17.3 Å². The van der Waals surface area contributed by atoms with Gasteiger partial charge in [-0.2, -0.15) is 0 Å². The topological polar surface area (TPSA) is 54.9 Å². The summed E-state index contributed by atoms with van der Waals surface area (Å²) in [6, 6.07) is 9.27. The van der Waals surface area contributed by atoms with Crippen molar-refractivity contribution in [2.45, 2.75) is 34.6 Å². The molecule has 0 aliphatic heterocycles. The lowest BCUT2D eigenvalue weighted by Gasteiger charge is -2.11. The Kier molecular flexibility index (Phi) is 4.94. The van der Waals surface area contributed by atoms with Crippen LogP contribution in [0.1, 0.15) is 48.2 Å². The molecule has 1 amide bonds. The van der Waals surface area contributed by atoms with E-state index in [1.54, 1.807) is 13.0 Å². The summed E-state index contributed by atoms with van der Waals surface area (Å²) < 4.78 is 0. The van der Waals surface area contributed by atoms with Crippen molar-refractivity contribution in [2.24, 2.45) is 5.41 Å². The molecule has 0 atom stereocenters. The lowest BCUT2D eigenvalue weighted by Crippen LogP contribution is -2.13. The van der Waals surface area contributed by atoms with Gasteiger partial charge in [0.1, 0.15) is 11.6 Å². The van der Waals surface area contributed by atoms with Crippen molar-refractivity contribution >= 4 is 17.8 Å². The zero-order valence-electron chi connectivity index (χ0n) is 14.3. The average molecular weight is 309 g/mol. The number of carbonyl (C=O) groups is 1. The molecule has 1 heterocycles. The first-order chi connectivity index (χ1) is 10.7. The number of rotatable bonds is 3. The van der Waals surface area contributed by atoms with E-state index in [1.165, 1.54) is 0 Å². The van der Waals surface area contributed by atoms with Gasteiger partial charge in [0.05, 0.1) is 0 Å². The Morgan fingerprint density at radius 3 is 2.30 bits per heavy atom. The number of hydrogen-bond acceptors (Lipinski definition) is 3. The fourth-order valence-electron chi connectivity index (χ4n) is 2.06. The number of nitrogens with one attached hydrogen (secondary N) is 1. The number of allylic oxidation sites excluding steroid dienone is 1. The van der Waals surface area contributed by atoms with Crippen LogP contribution in [0.4, 0.5) is 5.82 Å². The minimum absolute atomic E-state index is 0.138. The maximum atomic E-state index is 12.3. The Balaban J connectivity index is 2.10. The average Bonchev–Trinajstić information content (AvgIpc) is 2.43. The fraction of sp³-hybridized carbons (Fsp3) is 0.316. The van der Waals surface area contributed by atoms with Gasteiger partial charge < -0.3 is 5.32 Å². The molecule has 120 valence electrons. The molecule has 1 aromatic carbocycles. The van der Waals surface area contributed by atoms with Crippen molar-refractivity contribution in [1.29, 1.82) is 0 Å². The Bertz CT molecular complexity index is 705. The van der Waals surface area contributed by atoms with E-state index in [2.05, 4.69) is 48.2 Å². The fourth-order valence-corrected chi connectivity index (χ4v) is 2.06. The van der Waals surface area contributed by atoms with Gasteiger partial charge in [-0.25, -0.2) is 9.97 Å². The van der Waals surface area contributed by atoms with Crippen LogP contribution >= 0.6 is 0 Å². The van der Waals surface area contributed by atoms with Crippen LogP contribution in [0, 0.1) is 19.3 Å². The van der Waals surface area contributed by atoms with E-state index in [1.807, 2.05) is 31.2 Å². The van der Waals surface area contributed by atoms with Gasteiger partial charge in [0.25, 0.3) is 5.91 Å². The second-order valence-corrected chi connectivity index (χ2v) is 6.72. The Hall–Kier alpha value is -2.49. The molecular weight excluding hydrogens is 286 g/mol. The largest absolute Gasteiger partial charge is 0.306 e. The molecule has 0 fully saturated rings. The molecule has 0 spiro atoms. The van der Waals surface area contributed by atoms with Crippen LogP contribution in [0.3, 0.4) is 0 Å². The number of carbonyl (C=O) groups excluding carboxylic acids is 1. The lowest BCUT2D eigenvalue weighted by atomic mass is 9.95. The molecule has 1 N–H and O–H groups in total. The quantitative estimate of drug-likeness (QED) is 0.914. The van der Waals surface area contributed by atoms with E-state index in [4.69, 9.17) is 0 Å². The van der Waals surface area contributed by atoms with Gasteiger partial charge in [-0.15, -0.1) is 0 Å². The summed E-state index contributed by atoms with van der Waals surface area (Å²) in [5.74, 6) is 0.994. The molecular formula is C19H23N3O. The predicted molar refractivity (Wildman–Crippen MR) is 94.4 cm³/mol. The number of benzene rings is 1. The number of nitrogens with zero attached hydrogens (tertiary/aromatic N) is 2. The Labute approximate surface area is 137 Å². The van der Waals surface area contributed by atoms with Crippen LogP contribution in [0.15, 0.2) is 36.4 Å². The molecule has 0 saturated heterocycles. The highest BCUT2D eigenvalue weighted by atomic mass is 16.1. The summed E-state index contributed by atoms with van der Waals surface area (Å²) in [5.41, 5.74) is 2.64. The summed E-state index contributed by atoms with van der Waals surface area (Å²) in [4.78, 5) is 20.7. The van der Waals surface area contributed by atoms with Gasteiger partial charge in [-0.3, -0.25) is 4.79 Å². The second-order valence-electron chi connectivity index (χ2n) is 6.72. The van der Waals surface area contributed by atoms with Crippen LogP contribution in [-0.4, -0.2) is 15.9 Å². The number of anilines is 1. The van der Waals surface area contributed by atoms with Gasteiger partial charge in [0.15, 0.2) is 0 Å². The third-order valence-electron chi connectivity index (χ3n) is 3.16. The van der Waals surface area contributed by atoms with Crippen molar-refractivity contribution < 1.29 is 4.79 Å². The standard InChI is InChI=1S/C19H23N3O/c1-13-12-17(21-14(2)20-13)22-18(23)16-8-6-15(7-9-16)10-11-19(3,4)5/h6-12H,1-5H3,(H,20,21,22,23). The zero-order chi connectivity index (χ0) is 17.0. The van der Waals surface area contributed by atoms with Gasteiger partial charge in [-0.05, 0) is 37.0 Å². The molecule has 0 saturated carbocycles. The molecule has 0 bridgehead atoms. The molecule has 0 aliphatic rings. The monoisotopic (exact) mass is 309 g/mol. The molecule has 4 heteroatoms. The first-order valence-electron chi connectivity index (χ1n) is 7.66. The first kappa shape index (κ1) is 16.9. The Morgan fingerprint density at radius 2 is 1.74 bits per heavy atom. The van der Waals surface area contributed by atoms with E-state index in [-0.39, 0.29) is 11.3 Å². The molecule has 1 aromatic heterocycles. The van der Waals surface area contributed by atoms with Crippen LogP contribution in [-0.2, 0) is 0 Å². The predicted octanol–water partition coefficient (Wildman–Crippen LogP) is 4.41. The maximum absolute atomic E-state index is 12.3. The molecule has 0 aliphatic carbocycles. The van der Waals surface area contributed by atoms with Gasteiger partial charge >= 0.3 is 0 Å². The summed E-state index contributed by atoms with van der Waals surface area (Å²) in [6.45, 7) is 10.1. The highest BCUT2D eigenvalue weighted by Crippen LogP contribution is 2.17. The number of aromatic nitrogens is 2. The van der Waals surface area contributed by atoms with Gasteiger partial charge in [-0.1, -0.05) is 45.1 Å². The summed E-state index contributed by atoms with van der Waals surface area (Å²) in [7, 11) is 0. The molecule has 23 heavy (non-hydrogen) atoms. The third-order valence-corrected chi connectivity index (χ3v) is 3.16. The third kappa shape index (κ3) is 5.33. The maximum Gasteiger partial charge on any atom is 0.256 e. The van der Waals surface area contributed by atoms with Crippen molar-refractivity contribution in [1.82, 2.24) is 9.97 Å². The molecule has 2 rings (SSSR count). The van der Waals surface area contributed by atoms with E-state index in [0.29, 0.717) is 17.2 Å². The minimum Gasteiger partial charge on any atom is -0.306 e. The van der Waals surface area contributed by atoms with E-state index in [0.717, 1.165) is 11.3 Å². The molecule has 0 radical (unpaired) electrons. The van der Waals surface area contributed by atoms with Crippen molar-refractivity contribution in [3.05, 3.63) is 59.1 Å². The molecule has 4 nitrogen and oxygen atoms in total. The SMILES string of the molecule is Cc1cc(NC(=O)c2ccc(C=CC(C)(C)C)cc2)nc(C)n1. The molecule has 2 aromatic rings. The van der Waals surface area contributed by atoms with Crippen molar-refractivity contribution in [3.63, 3.8) is 0 Å². The van der Waals surface area contributed by atoms with Crippen LogP contribution in [0.25, 0.3) is 6.08 Å². The zero-order valence-corrected chi connectivity index (χ0v) is 14.3. The van der Waals surface area contributed by atoms with E-state index in [9.17, 15) is 4.79 Å². The molecule has 0 unspecified atom stereocenters. The van der Waals surface area contributed by atoms with Crippen molar-refractivity contribution in [2.75, 3.05) is 5.32 Å². The van der Waals surface area contributed by atoms with Crippen LogP contribution in [0.5, 0.6) is 0 Å². The number of amides is 1. The highest BCUT2D eigenvalue weighted by Gasteiger charge is 2.08. The second kappa shape index (κ2) is 6.73. The summed E-state index contributed by atoms with van der Waals surface area (Å²) in [6.07, 6.45) is 4.22. The normalized spacial score (nSPS) is 11.7.